The summed E-state index contributed by atoms with van der Waals surface area (Å²) in [6, 6.07) is 6.54. The zero-order valence-corrected chi connectivity index (χ0v) is 12.5. The van der Waals surface area contributed by atoms with Crippen LogP contribution in [-0.2, 0) is 0 Å². The smallest absolute Gasteiger partial charge is 0.300 e. The van der Waals surface area contributed by atoms with E-state index in [1.807, 2.05) is 19.1 Å². The van der Waals surface area contributed by atoms with Gasteiger partial charge in [-0.2, -0.15) is 0 Å². The topological polar surface area (TPSA) is 111 Å². The van der Waals surface area contributed by atoms with Crippen LogP contribution in [0.5, 0.6) is 0 Å². The molecule has 1 aromatic heterocycles. The second-order valence-electron chi connectivity index (χ2n) is 4.30. The largest absolute Gasteiger partial charge is 0.384 e. The molecule has 0 aliphatic heterocycles. The van der Waals surface area contributed by atoms with Crippen LogP contribution in [0.2, 0.25) is 0 Å². The Bertz CT molecular complexity index is 733. The molecule has 0 aliphatic rings. The van der Waals surface area contributed by atoms with Gasteiger partial charge in [0.15, 0.2) is 0 Å². The minimum Gasteiger partial charge on any atom is -0.384 e. The highest BCUT2D eigenvalue weighted by Crippen LogP contribution is 2.24. The maximum Gasteiger partial charge on any atom is 0.300 e. The molecule has 0 fully saturated rings. The number of nitrogens with two attached hydrogens (primary N) is 1. The molecule has 108 valence electrons. The zero-order chi connectivity index (χ0) is 15.6. The summed E-state index contributed by atoms with van der Waals surface area (Å²) < 4.78 is 0.784. The third-order valence-electron chi connectivity index (χ3n) is 2.79. The number of nitro groups is 1. The fraction of sp³-hybridized carbons (Fsp3) is 0.0769. The van der Waals surface area contributed by atoms with Crippen LogP contribution in [0, 0.1) is 17.0 Å². The van der Waals surface area contributed by atoms with Gasteiger partial charge < -0.3 is 11.1 Å². The fourth-order valence-electron chi connectivity index (χ4n) is 1.71. The van der Waals surface area contributed by atoms with Crippen molar-refractivity contribution in [3.8, 4) is 0 Å². The summed E-state index contributed by atoms with van der Waals surface area (Å²) in [4.78, 5) is 26.1. The molecule has 0 saturated carbocycles. The van der Waals surface area contributed by atoms with E-state index in [2.05, 4.69) is 26.2 Å². The first kappa shape index (κ1) is 14.9. The molecule has 8 heteroatoms. The van der Waals surface area contributed by atoms with E-state index < -0.39 is 16.5 Å². The lowest BCUT2D eigenvalue weighted by Gasteiger charge is -2.09. The SMILES string of the molecule is Cc1ccc(Br)cc1NC(=O)c1cc(N)ncc1[N+](=O)[O-]. The number of hydrogen-bond donors (Lipinski definition) is 2. The Morgan fingerprint density at radius 2 is 2.14 bits per heavy atom. The summed E-state index contributed by atoms with van der Waals surface area (Å²) in [5.74, 6) is -0.575. The molecule has 0 spiro atoms. The van der Waals surface area contributed by atoms with Crippen molar-refractivity contribution in [1.29, 1.82) is 0 Å². The van der Waals surface area contributed by atoms with Crippen molar-refractivity contribution in [2.75, 3.05) is 11.1 Å². The van der Waals surface area contributed by atoms with Gasteiger partial charge in [0.2, 0.25) is 0 Å². The van der Waals surface area contributed by atoms with Crippen molar-refractivity contribution in [3.63, 3.8) is 0 Å². The van der Waals surface area contributed by atoms with Crippen molar-refractivity contribution in [2.24, 2.45) is 0 Å². The van der Waals surface area contributed by atoms with E-state index in [1.165, 1.54) is 6.07 Å². The highest BCUT2D eigenvalue weighted by atomic mass is 79.9. The predicted octanol–water partition coefficient (Wildman–Crippen LogP) is 2.90. The number of hydrogen-bond acceptors (Lipinski definition) is 5. The van der Waals surface area contributed by atoms with Gasteiger partial charge in [-0.25, -0.2) is 4.98 Å². The first-order valence-corrected chi connectivity index (χ1v) is 6.65. The Morgan fingerprint density at radius 3 is 2.81 bits per heavy atom. The van der Waals surface area contributed by atoms with Gasteiger partial charge in [0.25, 0.3) is 11.6 Å². The normalized spacial score (nSPS) is 10.2. The number of aromatic nitrogens is 1. The summed E-state index contributed by atoms with van der Waals surface area (Å²) in [5.41, 5.74) is 6.35. The second kappa shape index (κ2) is 5.88. The summed E-state index contributed by atoms with van der Waals surface area (Å²) in [7, 11) is 0. The number of aryl methyl sites for hydroxylation is 1. The molecule has 0 radical (unpaired) electrons. The van der Waals surface area contributed by atoms with Crippen LogP contribution >= 0.6 is 15.9 Å². The van der Waals surface area contributed by atoms with Gasteiger partial charge in [-0.15, -0.1) is 0 Å². The van der Waals surface area contributed by atoms with Gasteiger partial charge in [0.1, 0.15) is 17.6 Å². The van der Waals surface area contributed by atoms with Gasteiger partial charge in [-0.05, 0) is 30.7 Å². The second-order valence-corrected chi connectivity index (χ2v) is 5.21. The monoisotopic (exact) mass is 350 g/mol. The Labute approximate surface area is 128 Å². The third kappa shape index (κ3) is 3.34. The maximum atomic E-state index is 12.2. The van der Waals surface area contributed by atoms with E-state index >= 15 is 0 Å². The molecule has 0 aliphatic carbocycles. The minimum atomic E-state index is -0.672. The van der Waals surface area contributed by atoms with E-state index in [1.54, 1.807) is 6.07 Å². The molecule has 1 amide bonds. The third-order valence-corrected chi connectivity index (χ3v) is 3.29. The predicted molar refractivity (Wildman–Crippen MR) is 82.1 cm³/mol. The lowest BCUT2D eigenvalue weighted by molar-refractivity contribution is -0.385. The van der Waals surface area contributed by atoms with Crippen LogP contribution in [0.15, 0.2) is 34.9 Å². The molecule has 2 rings (SSSR count). The lowest BCUT2D eigenvalue weighted by Crippen LogP contribution is -2.15. The number of amides is 1. The molecule has 1 aromatic carbocycles. The van der Waals surface area contributed by atoms with Gasteiger partial charge >= 0.3 is 0 Å². The van der Waals surface area contributed by atoms with Crippen molar-refractivity contribution < 1.29 is 9.72 Å². The van der Waals surface area contributed by atoms with Gasteiger partial charge in [-0.3, -0.25) is 14.9 Å². The Hall–Kier alpha value is -2.48. The van der Waals surface area contributed by atoms with E-state index in [4.69, 9.17) is 5.73 Å². The molecule has 3 N–H and O–H groups in total. The average Bonchev–Trinajstić information content (AvgIpc) is 2.42. The zero-order valence-electron chi connectivity index (χ0n) is 11.0. The van der Waals surface area contributed by atoms with E-state index in [9.17, 15) is 14.9 Å². The standard InChI is InChI=1S/C13H11BrN4O3/c1-7-2-3-8(14)4-10(7)17-13(19)9-5-12(15)16-6-11(9)18(20)21/h2-6H,1H3,(H2,15,16)(H,17,19). The quantitative estimate of drug-likeness (QED) is 0.652. The first-order valence-electron chi connectivity index (χ1n) is 5.86. The number of nitrogens with zero attached hydrogens (tertiary/aromatic N) is 2. The Kier molecular flexibility index (Phi) is 4.18. The number of benzene rings is 1. The highest BCUT2D eigenvalue weighted by Gasteiger charge is 2.21. The van der Waals surface area contributed by atoms with Crippen molar-refractivity contribution >= 4 is 39.0 Å². The Morgan fingerprint density at radius 1 is 1.43 bits per heavy atom. The van der Waals surface area contributed by atoms with Gasteiger partial charge in [0, 0.05) is 10.2 Å². The highest BCUT2D eigenvalue weighted by molar-refractivity contribution is 9.10. The maximum absolute atomic E-state index is 12.2. The van der Waals surface area contributed by atoms with E-state index in [0.717, 1.165) is 16.2 Å². The number of halogens is 1. The van der Waals surface area contributed by atoms with Crippen LogP contribution in [0.4, 0.5) is 17.2 Å². The van der Waals surface area contributed by atoms with Crippen LogP contribution in [-0.4, -0.2) is 15.8 Å². The molecular formula is C13H11BrN4O3. The van der Waals surface area contributed by atoms with Crippen LogP contribution in [0.1, 0.15) is 15.9 Å². The molecule has 1 heterocycles. The van der Waals surface area contributed by atoms with E-state index in [0.29, 0.717) is 5.69 Å². The number of nitrogen functional groups attached to an aromatic ring is 1. The van der Waals surface area contributed by atoms with Gasteiger partial charge in [-0.1, -0.05) is 22.0 Å². The number of carbonyl (C=O) groups excluding carboxylic acids is 1. The fourth-order valence-corrected chi connectivity index (χ4v) is 2.07. The number of carbonyl (C=O) groups is 1. The molecule has 7 nitrogen and oxygen atoms in total. The number of nitrogens with one attached hydrogen (secondary N) is 1. The number of pyridine rings is 1. The summed E-state index contributed by atoms with van der Waals surface area (Å²) in [6.07, 6.45) is 0.970. The summed E-state index contributed by atoms with van der Waals surface area (Å²) in [6.45, 7) is 1.82. The van der Waals surface area contributed by atoms with Crippen molar-refractivity contribution in [1.82, 2.24) is 4.98 Å². The molecule has 2 aromatic rings. The van der Waals surface area contributed by atoms with Crippen LogP contribution in [0.3, 0.4) is 0 Å². The summed E-state index contributed by atoms with van der Waals surface area (Å²) >= 11 is 3.30. The first-order chi connectivity index (χ1) is 9.88. The van der Waals surface area contributed by atoms with Crippen molar-refractivity contribution in [2.45, 2.75) is 6.92 Å². The summed E-state index contributed by atoms with van der Waals surface area (Å²) in [5, 5.41) is 13.6. The average molecular weight is 351 g/mol. The molecule has 21 heavy (non-hydrogen) atoms. The van der Waals surface area contributed by atoms with E-state index in [-0.39, 0.29) is 11.4 Å². The molecule has 0 saturated heterocycles. The van der Waals surface area contributed by atoms with Crippen molar-refractivity contribution in [3.05, 3.63) is 56.2 Å². The Balaban J connectivity index is 2.39. The molecule has 0 bridgehead atoms. The molecule has 0 atom stereocenters. The lowest BCUT2D eigenvalue weighted by atomic mass is 10.1. The van der Waals surface area contributed by atoms with Crippen LogP contribution in [0.25, 0.3) is 0 Å². The minimum absolute atomic E-state index is 0.0386. The number of anilines is 2. The van der Waals surface area contributed by atoms with Gasteiger partial charge in [0.05, 0.1) is 4.92 Å². The van der Waals surface area contributed by atoms with Crippen LogP contribution < -0.4 is 11.1 Å². The molecular weight excluding hydrogens is 340 g/mol. The molecule has 0 unspecified atom stereocenters. The number of rotatable bonds is 3.